The zero-order valence-electron chi connectivity index (χ0n) is 12.2. The fourth-order valence-corrected chi connectivity index (χ4v) is 3.21. The molecule has 114 valence electrons. The summed E-state index contributed by atoms with van der Waals surface area (Å²) in [5, 5.41) is 12.6. The highest BCUT2D eigenvalue weighted by molar-refractivity contribution is 7.21. The van der Waals surface area contributed by atoms with Gasteiger partial charge in [-0.25, -0.2) is 0 Å². The third-order valence-corrected chi connectivity index (χ3v) is 4.48. The van der Waals surface area contributed by atoms with Gasteiger partial charge in [0.15, 0.2) is 0 Å². The van der Waals surface area contributed by atoms with Crippen LogP contribution in [0.2, 0.25) is 0 Å². The number of anilines is 1. The van der Waals surface area contributed by atoms with Gasteiger partial charge in [-0.05, 0) is 38.0 Å². The van der Waals surface area contributed by atoms with E-state index in [1.54, 1.807) is 7.11 Å². The molecule has 21 heavy (non-hydrogen) atoms. The van der Waals surface area contributed by atoms with Crippen LogP contribution < -0.4 is 15.8 Å². The van der Waals surface area contributed by atoms with Crippen molar-refractivity contribution in [1.29, 1.82) is 0 Å². The van der Waals surface area contributed by atoms with Gasteiger partial charge in [0.2, 0.25) is 0 Å². The van der Waals surface area contributed by atoms with E-state index >= 15 is 0 Å². The van der Waals surface area contributed by atoms with E-state index in [-0.39, 0.29) is 18.6 Å². The number of carbonyl (C=O) groups excluding carboxylic acids is 1. The number of nitrogens with two attached hydrogens (primary N) is 1. The molecule has 0 aliphatic rings. The molecule has 0 saturated carbocycles. The maximum absolute atomic E-state index is 12.3. The molecule has 6 heteroatoms. The first-order valence-corrected chi connectivity index (χ1v) is 7.66. The molecule has 5 nitrogen and oxygen atoms in total. The minimum atomic E-state index is -0.168. The number of benzene rings is 1. The van der Waals surface area contributed by atoms with Gasteiger partial charge in [-0.15, -0.1) is 11.3 Å². The molecule has 1 atom stereocenters. The Bertz CT molecular complexity index is 639. The molecule has 1 amide bonds. The second-order valence-corrected chi connectivity index (χ2v) is 6.00. The summed E-state index contributed by atoms with van der Waals surface area (Å²) in [5.41, 5.74) is 6.58. The summed E-state index contributed by atoms with van der Waals surface area (Å²) in [6.07, 6.45) is 1.40. The number of thiophene rings is 1. The van der Waals surface area contributed by atoms with Gasteiger partial charge >= 0.3 is 0 Å². The Labute approximate surface area is 127 Å². The Balaban J connectivity index is 2.21. The lowest BCUT2D eigenvalue weighted by Crippen LogP contribution is -2.32. The summed E-state index contributed by atoms with van der Waals surface area (Å²) in [6.45, 7) is 2.05. The van der Waals surface area contributed by atoms with E-state index in [4.69, 9.17) is 15.6 Å². The van der Waals surface area contributed by atoms with Crippen molar-refractivity contribution in [2.75, 3.05) is 19.5 Å². The topological polar surface area (TPSA) is 84.6 Å². The molecule has 0 bridgehead atoms. The number of aliphatic hydroxyl groups is 1. The lowest BCUT2D eigenvalue weighted by atomic mass is 10.1. The van der Waals surface area contributed by atoms with Crippen molar-refractivity contribution in [3.63, 3.8) is 0 Å². The van der Waals surface area contributed by atoms with Crippen molar-refractivity contribution in [2.45, 2.75) is 25.8 Å². The molecular formula is C15H20N2O3S. The number of carbonyl (C=O) groups is 1. The number of nitrogens with one attached hydrogen (secondary N) is 1. The summed E-state index contributed by atoms with van der Waals surface area (Å²) in [4.78, 5) is 12.8. The third kappa shape index (κ3) is 3.46. The maximum Gasteiger partial charge on any atom is 0.263 e. The molecule has 0 fully saturated rings. The van der Waals surface area contributed by atoms with Crippen LogP contribution in [0.25, 0.3) is 10.1 Å². The van der Waals surface area contributed by atoms with Gasteiger partial charge < -0.3 is 20.9 Å². The van der Waals surface area contributed by atoms with Crippen molar-refractivity contribution < 1.29 is 14.6 Å². The van der Waals surface area contributed by atoms with Crippen LogP contribution >= 0.6 is 11.3 Å². The number of hydrogen-bond acceptors (Lipinski definition) is 5. The predicted octanol–water partition coefficient (Wildman–Crippen LogP) is 2.38. The molecule has 1 heterocycles. The first-order chi connectivity index (χ1) is 10.1. The lowest BCUT2D eigenvalue weighted by molar-refractivity contribution is 0.0941. The number of nitrogen functional groups attached to an aromatic ring is 1. The van der Waals surface area contributed by atoms with Crippen molar-refractivity contribution in [3.05, 3.63) is 23.1 Å². The van der Waals surface area contributed by atoms with E-state index < -0.39 is 0 Å². The zero-order chi connectivity index (χ0) is 15.4. The van der Waals surface area contributed by atoms with Crippen molar-refractivity contribution in [3.8, 4) is 5.75 Å². The fourth-order valence-electron chi connectivity index (χ4n) is 2.15. The first-order valence-electron chi connectivity index (χ1n) is 6.84. The number of amides is 1. The molecule has 2 rings (SSSR count). The second-order valence-electron chi connectivity index (χ2n) is 4.95. The zero-order valence-corrected chi connectivity index (χ0v) is 13.0. The Hall–Kier alpha value is -1.79. The Morgan fingerprint density at radius 3 is 2.95 bits per heavy atom. The van der Waals surface area contributed by atoms with Crippen LogP contribution in [0.15, 0.2) is 18.2 Å². The summed E-state index contributed by atoms with van der Waals surface area (Å²) in [7, 11) is 1.61. The van der Waals surface area contributed by atoms with Crippen LogP contribution in [0.5, 0.6) is 5.75 Å². The van der Waals surface area contributed by atoms with E-state index in [0.717, 1.165) is 22.3 Å². The number of ether oxygens (including phenoxy) is 1. The monoisotopic (exact) mass is 308 g/mol. The number of aliphatic hydroxyl groups excluding tert-OH is 1. The van der Waals surface area contributed by atoms with Gasteiger partial charge in [0, 0.05) is 22.7 Å². The average molecular weight is 308 g/mol. The van der Waals surface area contributed by atoms with Crippen LogP contribution in [-0.2, 0) is 0 Å². The molecule has 1 aromatic carbocycles. The first kappa shape index (κ1) is 15.6. The highest BCUT2D eigenvalue weighted by atomic mass is 32.1. The van der Waals surface area contributed by atoms with Crippen molar-refractivity contribution in [2.24, 2.45) is 0 Å². The fraction of sp³-hybridized carbons (Fsp3) is 0.400. The minimum absolute atomic E-state index is 0.00352. The molecule has 2 aromatic rings. The van der Waals surface area contributed by atoms with E-state index in [0.29, 0.717) is 17.0 Å². The molecule has 0 aliphatic carbocycles. The summed E-state index contributed by atoms with van der Waals surface area (Å²) in [6, 6.07) is 5.58. The quantitative estimate of drug-likeness (QED) is 0.765. The molecule has 0 radical (unpaired) electrons. The van der Waals surface area contributed by atoms with E-state index in [2.05, 4.69) is 5.32 Å². The largest absolute Gasteiger partial charge is 0.497 e. The van der Waals surface area contributed by atoms with Crippen LogP contribution in [0.1, 0.15) is 29.4 Å². The van der Waals surface area contributed by atoms with Gasteiger partial charge in [0.05, 0.1) is 12.8 Å². The standard InChI is InChI=1S/C15H20N2O3S/c1-9(4-3-7-18)17-15(19)14-13(16)11-6-5-10(20-2)8-12(11)21-14/h5-6,8-9,18H,3-4,7,16H2,1-2H3,(H,17,19). The van der Waals surface area contributed by atoms with E-state index in [9.17, 15) is 4.79 Å². The highest BCUT2D eigenvalue weighted by Gasteiger charge is 2.18. The van der Waals surface area contributed by atoms with Crippen LogP contribution in [0.4, 0.5) is 5.69 Å². The number of fused-ring (bicyclic) bond motifs is 1. The minimum Gasteiger partial charge on any atom is -0.497 e. The number of methoxy groups -OCH3 is 1. The third-order valence-electron chi connectivity index (χ3n) is 3.31. The molecule has 0 spiro atoms. The summed E-state index contributed by atoms with van der Waals surface area (Å²) < 4.78 is 6.11. The van der Waals surface area contributed by atoms with Crippen molar-refractivity contribution >= 4 is 33.0 Å². The molecule has 1 aromatic heterocycles. The smallest absolute Gasteiger partial charge is 0.263 e. The van der Waals surface area contributed by atoms with E-state index in [1.807, 2.05) is 25.1 Å². The van der Waals surface area contributed by atoms with Gasteiger partial charge in [0.25, 0.3) is 5.91 Å². The van der Waals surface area contributed by atoms with Crippen LogP contribution in [-0.4, -0.2) is 30.8 Å². The highest BCUT2D eigenvalue weighted by Crippen LogP contribution is 2.35. The van der Waals surface area contributed by atoms with Gasteiger partial charge in [-0.2, -0.15) is 0 Å². The number of hydrogen-bond donors (Lipinski definition) is 3. The average Bonchev–Trinajstić information content (AvgIpc) is 2.81. The molecular weight excluding hydrogens is 288 g/mol. The second kappa shape index (κ2) is 6.78. The van der Waals surface area contributed by atoms with E-state index in [1.165, 1.54) is 11.3 Å². The lowest BCUT2D eigenvalue weighted by Gasteiger charge is -2.12. The van der Waals surface area contributed by atoms with Crippen LogP contribution in [0.3, 0.4) is 0 Å². The van der Waals surface area contributed by atoms with Gasteiger partial charge in [-0.1, -0.05) is 0 Å². The summed E-state index contributed by atoms with van der Waals surface area (Å²) >= 11 is 1.36. The molecule has 0 aliphatic heterocycles. The molecule has 0 saturated heterocycles. The Kier molecular flexibility index (Phi) is 5.03. The van der Waals surface area contributed by atoms with Crippen molar-refractivity contribution in [1.82, 2.24) is 5.32 Å². The van der Waals surface area contributed by atoms with Gasteiger partial charge in [-0.3, -0.25) is 4.79 Å². The maximum atomic E-state index is 12.3. The van der Waals surface area contributed by atoms with Crippen LogP contribution in [0, 0.1) is 0 Å². The molecule has 4 N–H and O–H groups in total. The number of rotatable bonds is 6. The van der Waals surface area contributed by atoms with Gasteiger partial charge in [0.1, 0.15) is 10.6 Å². The normalized spacial score (nSPS) is 12.3. The Morgan fingerprint density at radius 2 is 2.29 bits per heavy atom. The SMILES string of the molecule is COc1ccc2c(N)c(C(=O)NC(C)CCCO)sc2c1. The predicted molar refractivity (Wildman–Crippen MR) is 86.0 cm³/mol. The molecule has 1 unspecified atom stereocenters. The summed E-state index contributed by atoms with van der Waals surface area (Å²) in [5.74, 6) is 0.574. The Morgan fingerprint density at radius 1 is 1.52 bits per heavy atom.